The van der Waals surface area contributed by atoms with Crippen LogP contribution >= 0.6 is 0 Å². The van der Waals surface area contributed by atoms with Gasteiger partial charge in [0.05, 0.1) is 5.97 Å². The molecule has 0 spiro atoms. The SMILES string of the molecule is CCC1COc2ccc(C(=O)[O-])cc2O1. The third-order valence-corrected chi connectivity index (χ3v) is 2.35. The van der Waals surface area contributed by atoms with Gasteiger partial charge in [0.2, 0.25) is 0 Å². The van der Waals surface area contributed by atoms with Gasteiger partial charge in [0.1, 0.15) is 12.7 Å². The number of hydrogen-bond donors (Lipinski definition) is 0. The molecule has 0 N–H and O–H groups in total. The van der Waals surface area contributed by atoms with Crippen molar-refractivity contribution in [3.63, 3.8) is 0 Å². The first kappa shape index (κ1) is 9.83. The fraction of sp³-hybridized carbons (Fsp3) is 0.364. The van der Waals surface area contributed by atoms with Crippen LogP contribution in [0.15, 0.2) is 18.2 Å². The zero-order valence-corrected chi connectivity index (χ0v) is 8.36. The average Bonchev–Trinajstić information content (AvgIpc) is 2.27. The second-order valence-corrected chi connectivity index (χ2v) is 3.41. The van der Waals surface area contributed by atoms with Crippen molar-refractivity contribution in [3.8, 4) is 11.5 Å². The van der Waals surface area contributed by atoms with Crippen molar-refractivity contribution in [2.75, 3.05) is 6.61 Å². The van der Waals surface area contributed by atoms with Gasteiger partial charge in [-0.3, -0.25) is 0 Å². The first-order valence-electron chi connectivity index (χ1n) is 4.85. The van der Waals surface area contributed by atoms with Crippen molar-refractivity contribution in [1.29, 1.82) is 0 Å². The molecule has 1 unspecified atom stereocenters. The number of carbonyl (C=O) groups is 1. The minimum Gasteiger partial charge on any atom is -0.545 e. The Balaban J connectivity index is 2.30. The predicted molar refractivity (Wildman–Crippen MR) is 51.0 cm³/mol. The van der Waals surface area contributed by atoms with E-state index in [9.17, 15) is 9.90 Å². The zero-order chi connectivity index (χ0) is 10.8. The molecule has 0 aromatic heterocycles. The second-order valence-electron chi connectivity index (χ2n) is 3.41. The fourth-order valence-electron chi connectivity index (χ4n) is 1.44. The highest BCUT2D eigenvalue weighted by Crippen LogP contribution is 2.32. The van der Waals surface area contributed by atoms with Gasteiger partial charge in [0, 0.05) is 5.56 Å². The lowest BCUT2D eigenvalue weighted by Crippen LogP contribution is -2.29. The summed E-state index contributed by atoms with van der Waals surface area (Å²) in [6, 6.07) is 4.47. The van der Waals surface area contributed by atoms with Gasteiger partial charge in [-0.2, -0.15) is 0 Å². The van der Waals surface area contributed by atoms with Gasteiger partial charge in [0.25, 0.3) is 0 Å². The second kappa shape index (κ2) is 3.81. The number of hydrogen-bond acceptors (Lipinski definition) is 4. The molecular weight excluding hydrogens is 196 g/mol. The molecule has 1 aromatic carbocycles. The number of carbonyl (C=O) groups excluding carboxylic acids is 1. The van der Waals surface area contributed by atoms with Gasteiger partial charge in [-0.1, -0.05) is 6.92 Å². The summed E-state index contributed by atoms with van der Waals surface area (Å²) in [4.78, 5) is 10.6. The molecule has 2 rings (SSSR count). The largest absolute Gasteiger partial charge is 0.545 e. The number of carboxylic acids is 1. The number of aromatic carboxylic acids is 1. The summed E-state index contributed by atoms with van der Waals surface area (Å²) < 4.78 is 11.0. The highest BCUT2D eigenvalue weighted by Gasteiger charge is 2.19. The summed E-state index contributed by atoms with van der Waals surface area (Å²) >= 11 is 0. The number of benzene rings is 1. The molecule has 80 valence electrons. The molecule has 0 bridgehead atoms. The molecule has 4 heteroatoms. The lowest BCUT2D eigenvalue weighted by Gasteiger charge is -2.26. The quantitative estimate of drug-likeness (QED) is 0.712. The van der Waals surface area contributed by atoms with E-state index in [2.05, 4.69) is 0 Å². The Morgan fingerprint density at radius 3 is 3.00 bits per heavy atom. The van der Waals surface area contributed by atoms with Crippen LogP contribution in [0.25, 0.3) is 0 Å². The van der Waals surface area contributed by atoms with E-state index >= 15 is 0 Å². The van der Waals surface area contributed by atoms with Crippen LogP contribution in [-0.4, -0.2) is 18.7 Å². The summed E-state index contributed by atoms with van der Waals surface area (Å²) in [7, 11) is 0. The van der Waals surface area contributed by atoms with Crippen LogP contribution in [0.2, 0.25) is 0 Å². The van der Waals surface area contributed by atoms with E-state index in [-0.39, 0.29) is 11.7 Å². The predicted octanol–water partition coefficient (Wildman–Crippen LogP) is 0.600. The number of ether oxygens (including phenoxy) is 2. The van der Waals surface area contributed by atoms with Gasteiger partial charge in [0.15, 0.2) is 11.5 Å². The monoisotopic (exact) mass is 207 g/mol. The van der Waals surface area contributed by atoms with Crippen molar-refractivity contribution < 1.29 is 19.4 Å². The van der Waals surface area contributed by atoms with E-state index < -0.39 is 5.97 Å². The molecule has 1 aliphatic rings. The van der Waals surface area contributed by atoms with Crippen LogP contribution < -0.4 is 14.6 Å². The van der Waals surface area contributed by atoms with Crippen LogP contribution in [0, 0.1) is 0 Å². The molecule has 0 saturated carbocycles. The molecular formula is C11H11O4-. The molecule has 0 amide bonds. The van der Waals surface area contributed by atoms with E-state index in [1.165, 1.54) is 12.1 Å². The zero-order valence-electron chi connectivity index (χ0n) is 8.36. The van der Waals surface area contributed by atoms with Gasteiger partial charge in [-0.15, -0.1) is 0 Å². The van der Waals surface area contributed by atoms with Crippen molar-refractivity contribution >= 4 is 5.97 Å². The number of carboxylic acid groups (broad SMARTS) is 1. The van der Waals surface area contributed by atoms with Crippen LogP contribution in [0.1, 0.15) is 23.7 Å². The van der Waals surface area contributed by atoms with Crippen LogP contribution in [-0.2, 0) is 0 Å². The minimum atomic E-state index is -1.21. The molecule has 0 fully saturated rings. The summed E-state index contributed by atoms with van der Waals surface area (Å²) in [5.41, 5.74) is 0.106. The van der Waals surface area contributed by atoms with Gasteiger partial charge in [-0.05, 0) is 24.6 Å². The van der Waals surface area contributed by atoms with Gasteiger partial charge < -0.3 is 19.4 Å². The molecule has 15 heavy (non-hydrogen) atoms. The molecule has 1 aromatic rings. The Hall–Kier alpha value is -1.71. The van der Waals surface area contributed by atoms with E-state index in [1.807, 2.05) is 6.92 Å². The maximum Gasteiger partial charge on any atom is 0.162 e. The molecule has 0 aliphatic carbocycles. The first-order chi connectivity index (χ1) is 7.20. The molecule has 0 saturated heterocycles. The molecule has 1 heterocycles. The van der Waals surface area contributed by atoms with Crippen molar-refractivity contribution in [3.05, 3.63) is 23.8 Å². The summed E-state index contributed by atoms with van der Waals surface area (Å²) in [5.74, 6) is -0.139. The van der Waals surface area contributed by atoms with E-state index in [1.54, 1.807) is 6.07 Å². The third-order valence-electron chi connectivity index (χ3n) is 2.35. The highest BCUT2D eigenvalue weighted by atomic mass is 16.6. The van der Waals surface area contributed by atoms with Crippen LogP contribution in [0.3, 0.4) is 0 Å². The van der Waals surface area contributed by atoms with Crippen LogP contribution in [0.5, 0.6) is 11.5 Å². The molecule has 4 nitrogen and oxygen atoms in total. The van der Waals surface area contributed by atoms with Crippen LogP contribution in [0.4, 0.5) is 0 Å². The Morgan fingerprint density at radius 2 is 2.33 bits per heavy atom. The average molecular weight is 207 g/mol. The summed E-state index contributed by atoms with van der Waals surface area (Å²) in [5, 5.41) is 10.6. The number of rotatable bonds is 2. The van der Waals surface area contributed by atoms with Gasteiger partial charge in [-0.25, -0.2) is 0 Å². The van der Waals surface area contributed by atoms with E-state index in [4.69, 9.17) is 9.47 Å². The highest BCUT2D eigenvalue weighted by molar-refractivity contribution is 5.86. The minimum absolute atomic E-state index is 0.00509. The first-order valence-corrected chi connectivity index (χ1v) is 4.85. The van der Waals surface area contributed by atoms with E-state index in [0.29, 0.717) is 18.1 Å². The molecule has 1 atom stereocenters. The Labute approximate surface area is 87.4 Å². The summed E-state index contributed by atoms with van der Waals surface area (Å²) in [6.07, 6.45) is 0.823. The van der Waals surface area contributed by atoms with Gasteiger partial charge >= 0.3 is 0 Å². The lowest BCUT2D eigenvalue weighted by molar-refractivity contribution is -0.255. The Bertz CT molecular complexity index is 386. The standard InChI is InChI=1S/C11H12O4/c1-2-8-6-14-9-4-3-7(11(12)13)5-10(9)15-8/h3-5,8H,2,6H2,1H3,(H,12,13)/p-1. The van der Waals surface area contributed by atoms with Crippen molar-refractivity contribution in [1.82, 2.24) is 0 Å². The number of fused-ring (bicyclic) bond motifs is 1. The normalized spacial score (nSPS) is 18.6. The lowest BCUT2D eigenvalue weighted by atomic mass is 10.2. The van der Waals surface area contributed by atoms with Crippen molar-refractivity contribution in [2.45, 2.75) is 19.4 Å². The van der Waals surface area contributed by atoms with Crippen molar-refractivity contribution in [2.24, 2.45) is 0 Å². The third kappa shape index (κ3) is 1.88. The topological polar surface area (TPSA) is 58.6 Å². The maximum atomic E-state index is 10.6. The molecule has 0 radical (unpaired) electrons. The Morgan fingerprint density at radius 1 is 1.53 bits per heavy atom. The maximum absolute atomic E-state index is 10.6. The Kier molecular flexibility index (Phi) is 2.49. The summed E-state index contributed by atoms with van der Waals surface area (Å²) in [6.45, 7) is 2.50. The molecule has 1 aliphatic heterocycles. The smallest absolute Gasteiger partial charge is 0.162 e. The van der Waals surface area contributed by atoms with E-state index in [0.717, 1.165) is 6.42 Å². The fourth-order valence-corrected chi connectivity index (χ4v) is 1.44.